The van der Waals surface area contributed by atoms with Crippen molar-refractivity contribution in [2.75, 3.05) is 0 Å². The van der Waals surface area contributed by atoms with Crippen molar-refractivity contribution in [2.24, 2.45) is 0 Å². The molecule has 0 saturated carbocycles. The van der Waals surface area contributed by atoms with Gasteiger partial charge >= 0.3 is 5.69 Å². The van der Waals surface area contributed by atoms with Crippen molar-refractivity contribution in [3.05, 3.63) is 38.9 Å². The first-order valence-electron chi connectivity index (χ1n) is 3.88. The molecular weight excluding hydrogens is 198 g/mol. The van der Waals surface area contributed by atoms with Gasteiger partial charge in [-0.2, -0.15) is 5.26 Å². The summed E-state index contributed by atoms with van der Waals surface area (Å²) in [5, 5.41) is 9.41. The average Bonchev–Trinajstić information content (AvgIpc) is 2.16. The maximum atomic E-state index is 11.0. The zero-order chi connectivity index (χ0) is 10.1. The first-order chi connectivity index (χ1) is 6.72. The van der Waals surface area contributed by atoms with E-state index in [0.29, 0.717) is 21.1 Å². The molecule has 2 rings (SSSR count). The fourth-order valence-corrected chi connectivity index (χ4v) is 1.63. The number of benzene rings is 1. The number of hydrogen-bond acceptors (Lipinski definition) is 3. The first-order valence-corrected chi connectivity index (χ1v) is 4.28. The van der Waals surface area contributed by atoms with Crippen LogP contribution in [0.1, 0.15) is 5.56 Å². The van der Waals surface area contributed by atoms with Crippen LogP contribution in [0.4, 0.5) is 0 Å². The molecule has 1 aromatic carbocycles. The van der Waals surface area contributed by atoms with Crippen LogP contribution < -0.4 is 5.69 Å². The Morgan fingerprint density at radius 1 is 1.36 bits per heavy atom. The number of hydrogen-bond donors (Lipinski definition) is 2. The van der Waals surface area contributed by atoms with Gasteiger partial charge < -0.3 is 4.98 Å². The second-order valence-electron chi connectivity index (χ2n) is 2.75. The number of aromatic nitrogens is 2. The second-order valence-corrected chi connectivity index (χ2v) is 3.16. The molecule has 1 aromatic heterocycles. The number of nitrogens with zero attached hydrogens (tertiary/aromatic N) is 1. The minimum atomic E-state index is -0.363. The number of H-pyrrole nitrogens is 2. The van der Waals surface area contributed by atoms with Crippen LogP contribution in [0.5, 0.6) is 0 Å². The smallest absolute Gasteiger partial charge is 0.307 e. The molecule has 0 aliphatic rings. The largest absolute Gasteiger partial charge is 0.324 e. The van der Waals surface area contributed by atoms with Crippen LogP contribution in [0, 0.1) is 16.0 Å². The Balaban J connectivity index is 3.12. The van der Waals surface area contributed by atoms with Crippen molar-refractivity contribution < 1.29 is 0 Å². The van der Waals surface area contributed by atoms with Crippen LogP contribution in [0.25, 0.3) is 10.9 Å². The van der Waals surface area contributed by atoms with Crippen LogP contribution in [-0.2, 0) is 0 Å². The Kier molecular flexibility index (Phi) is 1.91. The van der Waals surface area contributed by atoms with Gasteiger partial charge in [0.1, 0.15) is 4.64 Å². The van der Waals surface area contributed by atoms with E-state index in [4.69, 9.17) is 17.5 Å². The molecular formula is C9H5N3OS. The maximum absolute atomic E-state index is 11.0. The zero-order valence-electron chi connectivity index (χ0n) is 7.00. The lowest BCUT2D eigenvalue weighted by Gasteiger charge is -1.98. The summed E-state index contributed by atoms with van der Waals surface area (Å²) < 4.78 is 0.293. The standard InChI is InChI=1S/C9H5N3OS/c10-4-5-2-1-3-6-7(5)8(14)12-9(13)11-6/h1-3H,(H2,11,12,13,14). The summed E-state index contributed by atoms with van der Waals surface area (Å²) in [5.41, 5.74) is 0.676. The fraction of sp³-hybridized carbons (Fsp3) is 0. The molecule has 0 spiro atoms. The topological polar surface area (TPSA) is 72.4 Å². The lowest BCUT2D eigenvalue weighted by atomic mass is 10.1. The molecule has 14 heavy (non-hydrogen) atoms. The monoisotopic (exact) mass is 203 g/mol. The van der Waals surface area contributed by atoms with Gasteiger partial charge in [0.05, 0.1) is 22.5 Å². The molecule has 0 bridgehead atoms. The summed E-state index contributed by atoms with van der Waals surface area (Å²) in [6.07, 6.45) is 0. The van der Waals surface area contributed by atoms with Gasteiger partial charge in [-0.05, 0) is 12.1 Å². The third-order valence-corrected chi connectivity index (χ3v) is 2.19. The molecule has 1 heterocycles. The van der Waals surface area contributed by atoms with Gasteiger partial charge in [-0.3, -0.25) is 4.98 Å². The van der Waals surface area contributed by atoms with Crippen molar-refractivity contribution in [1.29, 1.82) is 5.26 Å². The summed E-state index contributed by atoms with van der Waals surface area (Å²) in [5.74, 6) is 0. The first kappa shape index (κ1) is 8.66. The van der Waals surface area contributed by atoms with Crippen LogP contribution >= 0.6 is 12.2 Å². The Morgan fingerprint density at radius 2 is 2.14 bits per heavy atom. The Labute approximate surface area is 83.8 Å². The van der Waals surface area contributed by atoms with Gasteiger partial charge in [-0.15, -0.1) is 0 Å². The minimum Gasteiger partial charge on any atom is -0.307 e. The highest BCUT2D eigenvalue weighted by molar-refractivity contribution is 7.71. The van der Waals surface area contributed by atoms with Gasteiger partial charge in [0.2, 0.25) is 0 Å². The molecule has 5 heteroatoms. The summed E-state index contributed by atoms with van der Waals surface area (Å²) in [7, 11) is 0. The molecule has 0 saturated heterocycles. The summed E-state index contributed by atoms with van der Waals surface area (Å²) >= 11 is 4.97. The highest BCUT2D eigenvalue weighted by Gasteiger charge is 2.02. The SMILES string of the molecule is N#Cc1cccc2[nH]c(=O)[nH]c(=S)c12. The van der Waals surface area contributed by atoms with Gasteiger partial charge in [-0.25, -0.2) is 4.79 Å². The molecule has 0 aliphatic heterocycles. The number of fused-ring (bicyclic) bond motifs is 1. The van der Waals surface area contributed by atoms with Crippen molar-refractivity contribution in [1.82, 2.24) is 9.97 Å². The molecule has 0 radical (unpaired) electrons. The molecule has 4 nitrogen and oxygen atoms in total. The molecule has 0 amide bonds. The van der Waals surface area contributed by atoms with Gasteiger partial charge in [-0.1, -0.05) is 18.3 Å². The Hall–Kier alpha value is -1.93. The summed E-state index contributed by atoms with van der Waals surface area (Å²) in [4.78, 5) is 16.1. The Morgan fingerprint density at radius 3 is 2.86 bits per heavy atom. The highest BCUT2D eigenvalue weighted by atomic mass is 32.1. The number of aromatic amines is 2. The van der Waals surface area contributed by atoms with Crippen LogP contribution in [0.3, 0.4) is 0 Å². The van der Waals surface area contributed by atoms with Crippen molar-refractivity contribution in [3.8, 4) is 6.07 Å². The van der Waals surface area contributed by atoms with Crippen molar-refractivity contribution >= 4 is 23.1 Å². The normalized spacial score (nSPS) is 9.93. The molecule has 0 aliphatic carbocycles. The average molecular weight is 203 g/mol. The van der Waals surface area contributed by atoms with Gasteiger partial charge in [0.15, 0.2) is 0 Å². The van der Waals surface area contributed by atoms with E-state index in [2.05, 4.69) is 9.97 Å². The van der Waals surface area contributed by atoms with E-state index in [1.54, 1.807) is 18.2 Å². The lowest BCUT2D eigenvalue weighted by Crippen LogP contribution is -2.10. The minimum absolute atomic E-state index is 0.293. The predicted octanol–water partition coefficient (Wildman–Crippen LogP) is 1.46. The van der Waals surface area contributed by atoms with Crippen LogP contribution in [0.2, 0.25) is 0 Å². The predicted molar refractivity (Wildman–Crippen MR) is 54.5 cm³/mol. The lowest BCUT2D eigenvalue weighted by molar-refractivity contribution is 1.11. The highest BCUT2D eigenvalue weighted by Crippen LogP contribution is 2.14. The van der Waals surface area contributed by atoms with E-state index in [1.807, 2.05) is 6.07 Å². The molecule has 0 atom stereocenters. The van der Waals surface area contributed by atoms with Crippen LogP contribution in [0.15, 0.2) is 23.0 Å². The molecule has 0 fully saturated rings. The quantitative estimate of drug-likeness (QED) is 0.636. The molecule has 68 valence electrons. The van der Waals surface area contributed by atoms with Crippen molar-refractivity contribution in [2.45, 2.75) is 0 Å². The Bertz CT molecular complexity index is 647. The van der Waals surface area contributed by atoms with E-state index in [1.165, 1.54) is 0 Å². The fourth-order valence-electron chi connectivity index (χ4n) is 1.31. The third kappa shape index (κ3) is 1.22. The van der Waals surface area contributed by atoms with E-state index in [0.717, 1.165) is 0 Å². The van der Waals surface area contributed by atoms with Crippen molar-refractivity contribution in [3.63, 3.8) is 0 Å². The second kappa shape index (κ2) is 3.09. The number of rotatable bonds is 0. The van der Waals surface area contributed by atoms with E-state index >= 15 is 0 Å². The maximum Gasteiger partial charge on any atom is 0.324 e. The molecule has 0 unspecified atom stereocenters. The van der Waals surface area contributed by atoms with Crippen LogP contribution in [-0.4, -0.2) is 9.97 Å². The van der Waals surface area contributed by atoms with Gasteiger partial charge in [0.25, 0.3) is 0 Å². The summed E-state index contributed by atoms with van der Waals surface area (Å²) in [6.45, 7) is 0. The number of nitrogens with one attached hydrogen (secondary N) is 2. The number of nitriles is 1. The third-order valence-electron chi connectivity index (χ3n) is 1.89. The van der Waals surface area contributed by atoms with E-state index in [9.17, 15) is 4.79 Å². The molecule has 2 N–H and O–H groups in total. The van der Waals surface area contributed by atoms with Gasteiger partial charge in [0, 0.05) is 0 Å². The van der Waals surface area contributed by atoms with E-state index in [-0.39, 0.29) is 5.69 Å². The molecule has 2 aromatic rings. The zero-order valence-corrected chi connectivity index (χ0v) is 7.81. The summed E-state index contributed by atoms with van der Waals surface area (Å²) in [6, 6.07) is 7.09. The van der Waals surface area contributed by atoms with E-state index < -0.39 is 0 Å².